The SMILES string of the molecule is Cc1cncc(NC(=O)c2cccc(-c3cc(NC(=O)Nc4ccccc4Cl)ccn3)c2)c1. The molecule has 0 bridgehead atoms. The minimum Gasteiger partial charge on any atom is -0.321 e. The van der Waals surface area contributed by atoms with Gasteiger partial charge in [-0.3, -0.25) is 14.8 Å². The van der Waals surface area contributed by atoms with E-state index < -0.39 is 6.03 Å². The van der Waals surface area contributed by atoms with Crippen LogP contribution in [-0.2, 0) is 0 Å². The molecule has 0 saturated carbocycles. The third kappa shape index (κ3) is 5.72. The normalized spacial score (nSPS) is 10.4. The monoisotopic (exact) mass is 457 g/mol. The summed E-state index contributed by atoms with van der Waals surface area (Å²) in [6, 6.07) is 18.9. The minimum atomic E-state index is -0.430. The van der Waals surface area contributed by atoms with Crippen molar-refractivity contribution in [3.63, 3.8) is 0 Å². The molecule has 2 heterocycles. The van der Waals surface area contributed by atoms with Crippen LogP contribution in [0.3, 0.4) is 0 Å². The number of hydrogen-bond donors (Lipinski definition) is 3. The third-order valence-corrected chi connectivity index (χ3v) is 5.02. The molecular weight excluding hydrogens is 438 g/mol. The molecule has 0 aliphatic rings. The lowest BCUT2D eigenvalue weighted by Crippen LogP contribution is -2.19. The van der Waals surface area contributed by atoms with Crippen LogP contribution >= 0.6 is 11.6 Å². The number of anilines is 3. The van der Waals surface area contributed by atoms with Gasteiger partial charge >= 0.3 is 6.03 Å². The molecule has 4 aromatic rings. The van der Waals surface area contributed by atoms with Crippen molar-refractivity contribution < 1.29 is 9.59 Å². The molecule has 2 aromatic heterocycles. The molecule has 0 unspecified atom stereocenters. The van der Waals surface area contributed by atoms with Crippen LogP contribution in [0.25, 0.3) is 11.3 Å². The van der Waals surface area contributed by atoms with Gasteiger partial charge in [-0.1, -0.05) is 35.9 Å². The van der Waals surface area contributed by atoms with Crippen LogP contribution in [0.4, 0.5) is 21.9 Å². The lowest BCUT2D eigenvalue weighted by atomic mass is 10.1. The summed E-state index contributed by atoms with van der Waals surface area (Å²) in [6.45, 7) is 1.91. The zero-order valence-corrected chi connectivity index (χ0v) is 18.4. The summed E-state index contributed by atoms with van der Waals surface area (Å²) in [5.41, 5.74) is 4.45. The molecule has 0 fully saturated rings. The average molecular weight is 458 g/mol. The molecule has 7 nitrogen and oxygen atoms in total. The first kappa shape index (κ1) is 22.0. The Hall–Kier alpha value is -4.23. The Labute approximate surface area is 195 Å². The first-order chi connectivity index (χ1) is 16.0. The molecule has 164 valence electrons. The largest absolute Gasteiger partial charge is 0.323 e. The van der Waals surface area contributed by atoms with Crippen LogP contribution in [0.2, 0.25) is 5.02 Å². The van der Waals surface area contributed by atoms with E-state index in [9.17, 15) is 9.59 Å². The van der Waals surface area contributed by atoms with Gasteiger partial charge in [-0.15, -0.1) is 0 Å². The van der Waals surface area contributed by atoms with Crippen LogP contribution in [0.15, 0.2) is 85.3 Å². The summed E-state index contributed by atoms with van der Waals surface area (Å²) in [6.07, 6.45) is 4.91. The summed E-state index contributed by atoms with van der Waals surface area (Å²) < 4.78 is 0. The molecule has 0 aliphatic heterocycles. The van der Waals surface area contributed by atoms with Crippen molar-refractivity contribution in [3.05, 3.63) is 101 Å². The van der Waals surface area contributed by atoms with E-state index in [1.165, 1.54) is 0 Å². The molecule has 2 aromatic carbocycles. The Morgan fingerprint density at radius 3 is 2.52 bits per heavy atom. The van der Waals surface area contributed by atoms with Crippen LogP contribution in [-0.4, -0.2) is 21.9 Å². The van der Waals surface area contributed by atoms with Gasteiger partial charge < -0.3 is 16.0 Å². The van der Waals surface area contributed by atoms with Gasteiger partial charge in [0.25, 0.3) is 5.91 Å². The maximum Gasteiger partial charge on any atom is 0.323 e. The van der Waals surface area contributed by atoms with Gasteiger partial charge in [0.15, 0.2) is 0 Å². The topological polar surface area (TPSA) is 96.0 Å². The summed E-state index contributed by atoms with van der Waals surface area (Å²) in [5, 5.41) is 8.77. The van der Waals surface area contributed by atoms with E-state index in [2.05, 4.69) is 25.9 Å². The number of carbonyl (C=O) groups excluding carboxylic acids is 2. The number of aromatic nitrogens is 2. The molecule has 0 saturated heterocycles. The van der Waals surface area contributed by atoms with Gasteiger partial charge in [0.1, 0.15) is 0 Å². The first-order valence-electron chi connectivity index (χ1n) is 10.1. The summed E-state index contributed by atoms with van der Waals surface area (Å²) in [5.74, 6) is -0.252. The van der Waals surface area contributed by atoms with Crippen molar-refractivity contribution >= 4 is 40.6 Å². The molecule has 0 atom stereocenters. The van der Waals surface area contributed by atoms with Crippen LogP contribution < -0.4 is 16.0 Å². The van der Waals surface area contributed by atoms with Crippen molar-refractivity contribution in [2.45, 2.75) is 6.92 Å². The number of aryl methyl sites for hydroxylation is 1. The minimum absolute atomic E-state index is 0.252. The van der Waals surface area contributed by atoms with Crippen LogP contribution in [0.1, 0.15) is 15.9 Å². The van der Waals surface area contributed by atoms with Crippen molar-refractivity contribution in [1.29, 1.82) is 0 Å². The quantitative estimate of drug-likeness (QED) is 0.342. The van der Waals surface area contributed by atoms with Crippen molar-refractivity contribution in [2.24, 2.45) is 0 Å². The van der Waals surface area contributed by atoms with E-state index in [0.29, 0.717) is 33.3 Å². The second kappa shape index (κ2) is 9.93. The molecule has 8 heteroatoms. The highest BCUT2D eigenvalue weighted by Crippen LogP contribution is 2.23. The molecule has 3 amide bonds. The standard InChI is InChI=1S/C25H20ClN5O2/c1-16-11-20(15-27-14-16)29-24(32)18-6-4-5-17(12-18)23-13-19(9-10-28-23)30-25(33)31-22-8-3-2-7-21(22)26/h2-15H,1H3,(H,29,32)(H2,28,30,31,33). The molecule has 3 N–H and O–H groups in total. The highest BCUT2D eigenvalue weighted by Gasteiger charge is 2.10. The maximum atomic E-state index is 12.7. The predicted molar refractivity (Wildman–Crippen MR) is 131 cm³/mol. The number of nitrogens with zero attached hydrogens (tertiary/aromatic N) is 2. The number of rotatable bonds is 5. The van der Waals surface area contributed by atoms with Gasteiger partial charge in [0, 0.05) is 29.2 Å². The van der Waals surface area contributed by atoms with E-state index >= 15 is 0 Å². The Morgan fingerprint density at radius 2 is 1.70 bits per heavy atom. The number of urea groups is 1. The number of benzene rings is 2. The lowest BCUT2D eigenvalue weighted by molar-refractivity contribution is 0.102. The first-order valence-corrected chi connectivity index (χ1v) is 10.5. The molecule has 0 aliphatic carbocycles. The summed E-state index contributed by atoms with van der Waals surface area (Å²) in [4.78, 5) is 33.5. The van der Waals surface area contributed by atoms with Gasteiger partial charge in [0.05, 0.1) is 28.3 Å². The lowest BCUT2D eigenvalue weighted by Gasteiger charge is -2.10. The van der Waals surface area contributed by atoms with E-state index in [4.69, 9.17) is 11.6 Å². The van der Waals surface area contributed by atoms with Gasteiger partial charge in [0.2, 0.25) is 0 Å². The van der Waals surface area contributed by atoms with Crippen molar-refractivity contribution in [2.75, 3.05) is 16.0 Å². The number of para-hydroxylation sites is 1. The van der Waals surface area contributed by atoms with Crippen LogP contribution in [0, 0.1) is 6.92 Å². The highest BCUT2D eigenvalue weighted by molar-refractivity contribution is 6.33. The smallest absolute Gasteiger partial charge is 0.321 e. The zero-order chi connectivity index (χ0) is 23.2. The fraction of sp³-hybridized carbons (Fsp3) is 0.0400. The van der Waals surface area contributed by atoms with E-state index in [0.717, 1.165) is 11.1 Å². The second-order valence-corrected chi connectivity index (χ2v) is 7.68. The Kier molecular flexibility index (Phi) is 6.61. The average Bonchev–Trinajstić information content (AvgIpc) is 2.81. The van der Waals surface area contributed by atoms with Gasteiger partial charge in [-0.25, -0.2) is 4.79 Å². The van der Waals surface area contributed by atoms with Crippen molar-refractivity contribution in [1.82, 2.24) is 9.97 Å². The molecule has 4 rings (SSSR count). The zero-order valence-electron chi connectivity index (χ0n) is 17.7. The molecular formula is C25H20ClN5O2. The maximum absolute atomic E-state index is 12.7. The van der Waals surface area contributed by atoms with E-state index in [-0.39, 0.29) is 5.91 Å². The van der Waals surface area contributed by atoms with Gasteiger partial charge in [-0.2, -0.15) is 0 Å². The number of halogens is 1. The van der Waals surface area contributed by atoms with E-state index in [1.807, 2.05) is 19.1 Å². The molecule has 0 spiro atoms. The Balaban J connectivity index is 1.48. The number of nitrogens with one attached hydrogen (secondary N) is 3. The fourth-order valence-corrected chi connectivity index (χ4v) is 3.34. The summed E-state index contributed by atoms with van der Waals surface area (Å²) in [7, 11) is 0. The number of amides is 3. The number of hydrogen-bond acceptors (Lipinski definition) is 4. The van der Waals surface area contributed by atoms with Crippen LogP contribution in [0.5, 0.6) is 0 Å². The summed E-state index contributed by atoms with van der Waals surface area (Å²) >= 11 is 6.09. The number of carbonyl (C=O) groups is 2. The molecule has 33 heavy (non-hydrogen) atoms. The Bertz CT molecular complexity index is 1330. The fourth-order valence-electron chi connectivity index (χ4n) is 3.16. The second-order valence-electron chi connectivity index (χ2n) is 7.27. The third-order valence-electron chi connectivity index (χ3n) is 4.69. The predicted octanol–water partition coefficient (Wildman–Crippen LogP) is 6.00. The Morgan fingerprint density at radius 1 is 0.848 bits per heavy atom. The van der Waals surface area contributed by atoms with Crippen molar-refractivity contribution in [3.8, 4) is 11.3 Å². The number of pyridine rings is 2. The molecule has 0 radical (unpaired) electrons. The highest BCUT2D eigenvalue weighted by atomic mass is 35.5. The van der Waals surface area contributed by atoms with Gasteiger partial charge in [-0.05, 0) is 55.0 Å². The van der Waals surface area contributed by atoms with E-state index in [1.54, 1.807) is 73.2 Å².